The van der Waals surface area contributed by atoms with Crippen LogP contribution >= 0.6 is 23.1 Å². The van der Waals surface area contributed by atoms with Gasteiger partial charge < -0.3 is 5.32 Å². The standard InChI is InChI=1S/C10H14F3N3O2S3/c11-10(12,13)8-7-15-9(20-8)14-1-6-21(17,18)16-2-4-19-5-3-16/h7H,1-6H2,(H,14,15). The molecule has 0 aliphatic carbocycles. The zero-order valence-corrected chi connectivity index (χ0v) is 13.3. The summed E-state index contributed by atoms with van der Waals surface area (Å²) < 4.78 is 62.6. The first-order valence-corrected chi connectivity index (χ1v) is 9.69. The van der Waals surface area contributed by atoms with Gasteiger partial charge in [0, 0.05) is 31.1 Å². The Balaban J connectivity index is 1.85. The van der Waals surface area contributed by atoms with E-state index in [2.05, 4.69) is 10.3 Å². The van der Waals surface area contributed by atoms with Gasteiger partial charge in [0.1, 0.15) is 4.88 Å². The molecule has 1 N–H and O–H groups in total. The number of sulfonamides is 1. The van der Waals surface area contributed by atoms with Crippen molar-refractivity contribution >= 4 is 38.3 Å². The number of alkyl halides is 3. The third kappa shape index (κ3) is 4.73. The molecule has 11 heteroatoms. The summed E-state index contributed by atoms with van der Waals surface area (Å²) in [6.07, 6.45) is -3.68. The zero-order chi connectivity index (χ0) is 15.5. The van der Waals surface area contributed by atoms with Gasteiger partial charge in [0.25, 0.3) is 0 Å². The first-order chi connectivity index (χ1) is 9.79. The lowest BCUT2D eigenvalue weighted by Crippen LogP contribution is -2.40. The molecule has 1 aromatic rings. The molecule has 5 nitrogen and oxygen atoms in total. The Bertz CT molecular complexity index is 568. The minimum absolute atomic E-state index is 0.0385. The quantitative estimate of drug-likeness (QED) is 0.869. The lowest BCUT2D eigenvalue weighted by atomic mass is 10.5. The van der Waals surface area contributed by atoms with E-state index in [0.717, 1.165) is 17.7 Å². The van der Waals surface area contributed by atoms with Gasteiger partial charge in [-0.05, 0) is 0 Å². The van der Waals surface area contributed by atoms with E-state index in [4.69, 9.17) is 0 Å². The average molecular weight is 361 g/mol. The van der Waals surface area contributed by atoms with Crippen LogP contribution in [0.5, 0.6) is 0 Å². The van der Waals surface area contributed by atoms with Crippen molar-refractivity contribution in [3.63, 3.8) is 0 Å². The molecular formula is C10H14F3N3O2S3. The summed E-state index contributed by atoms with van der Waals surface area (Å²) in [4.78, 5) is 2.79. The van der Waals surface area contributed by atoms with Gasteiger partial charge in [-0.3, -0.25) is 0 Å². The summed E-state index contributed by atoms with van der Waals surface area (Å²) in [6, 6.07) is 0. The number of nitrogens with zero attached hydrogens (tertiary/aromatic N) is 2. The molecule has 0 radical (unpaired) electrons. The number of thioether (sulfide) groups is 1. The molecule has 0 aromatic carbocycles. The molecule has 1 fully saturated rings. The lowest BCUT2D eigenvalue weighted by Gasteiger charge is -2.25. The average Bonchev–Trinajstić information content (AvgIpc) is 2.88. The Morgan fingerprint density at radius 1 is 1.33 bits per heavy atom. The largest absolute Gasteiger partial charge is 0.427 e. The number of thiazole rings is 1. The van der Waals surface area contributed by atoms with Gasteiger partial charge in [0.05, 0.1) is 11.9 Å². The van der Waals surface area contributed by atoms with Crippen LogP contribution in [0.3, 0.4) is 0 Å². The van der Waals surface area contributed by atoms with E-state index in [1.165, 1.54) is 4.31 Å². The van der Waals surface area contributed by atoms with Crippen molar-refractivity contribution in [2.24, 2.45) is 0 Å². The first kappa shape index (κ1) is 16.8. The van der Waals surface area contributed by atoms with Crippen LogP contribution < -0.4 is 5.32 Å². The number of halogens is 3. The van der Waals surface area contributed by atoms with E-state index < -0.39 is 21.1 Å². The lowest BCUT2D eigenvalue weighted by molar-refractivity contribution is -0.134. The number of rotatable bonds is 5. The highest BCUT2D eigenvalue weighted by atomic mass is 32.2. The van der Waals surface area contributed by atoms with Gasteiger partial charge in [0.15, 0.2) is 5.13 Å². The Hall–Kier alpha value is -0.520. The van der Waals surface area contributed by atoms with Crippen LogP contribution in [-0.4, -0.2) is 54.6 Å². The number of hydrogen-bond donors (Lipinski definition) is 1. The van der Waals surface area contributed by atoms with Gasteiger partial charge in [0.2, 0.25) is 10.0 Å². The Kier molecular flexibility index (Phi) is 5.38. The number of aromatic nitrogens is 1. The third-order valence-electron chi connectivity index (χ3n) is 2.78. The van der Waals surface area contributed by atoms with Crippen LogP contribution in [0, 0.1) is 0 Å². The second-order valence-electron chi connectivity index (χ2n) is 4.28. The van der Waals surface area contributed by atoms with Crippen LogP contribution in [0.25, 0.3) is 0 Å². The molecule has 1 aromatic heterocycles. The predicted molar refractivity (Wildman–Crippen MR) is 78.3 cm³/mol. The maximum Gasteiger partial charge on any atom is 0.427 e. The van der Waals surface area contributed by atoms with Gasteiger partial charge >= 0.3 is 6.18 Å². The fourth-order valence-corrected chi connectivity index (χ4v) is 4.93. The molecule has 0 spiro atoms. The number of anilines is 1. The molecule has 1 aliphatic heterocycles. The first-order valence-electron chi connectivity index (χ1n) is 6.11. The molecule has 1 aliphatic rings. The monoisotopic (exact) mass is 361 g/mol. The van der Waals surface area contributed by atoms with Crippen LogP contribution in [0.1, 0.15) is 4.88 Å². The predicted octanol–water partition coefficient (Wildman–Crippen LogP) is 1.95. The summed E-state index contributed by atoms with van der Waals surface area (Å²) in [6.45, 7) is 1.02. The molecule has 2 rings (SSSR count). The van der Waals surface area contributed by atoms with Gasteiger partial charge in [-0.15, -0.1) is 0 Å². The van der Waals surface area contributed by atoms with Crippen molar-refractivity contribution in [2.45, 2.75) is 6.18 Å². The Labute approximate surface area is 129 Å². The van der Waals surface area contributed by atoms with Gasteiger partial charge in [-0.1, -0.05) is 11.3 Å². The SMILES string of the molecule is O=S(=O)(CCNc1ncc(C(F)(F)F)s1)N1CCSCC1. The van der Waals surface area contributed by atoms with Crippen molar-refractivity contribution in [2.75, 3.05) is 42.2 Å². The van der Waals surface area contributed by atoms with Crippen molar-refractivity contribution in [1.29, 1.82) is 0 Å². The molecule has 0 bridgehead atoms. The van der Waals surface area contributed by atoms with E-state index in [9.17, 15) is 21.6 Å². The highest BCUT2D eigenvalue weighted by Crippen LogP contribution is 2.34. The van der Waals surface area contributed by atoms with Crippen molar-refractivity contribution < 1.29 is 21.6 Å². The van der Waals surface area contributed by atoms with Crippen molar-refractivity contribution in [3.8, 4) is 0 Å². The highest BCUT2D eigenvalue weighted by Gasteiger charge is 2.33. The Morgan fingerprint density at radius 3 is 2.57 bits per heavy atom. The van der Waals surface area contributed by atoms with Crippen molar-refractivity contribution in [3.05, 3.63) is 11.1 Å². The minimum Gasteiger partial charge on any atom is -0.360 e. The summed E-state index contributed by atoms with van der Waals surface area (Å²) in [5.41, 5.74) is 0. The maximum atomic E-state index is 12.4. The summed E-state index contributed by atoms with van der Waals surface area (Å²) in [5.74, 6) is 1.39. The minimum atomic E-state index is -4.42. The normalized spacial score (nSPS) is 17.9. The molecular weight excluding hydrogens is 347 g/mol. The van der Waals surface area contributed by atoms with E-state index in [1.54, 1.807) is 11.8 Å². The number of hydrogen-bond acceptors (Lipinski definition) is 6. The molecule has 0 saturated carbocycles. The van der Waals surface area contributed by atoms with Gasteiger partial charge in [-0.25, -0.2) is 17.7 Å². The van der Waals surface area contributed by atoms with Crippen molar-refractivity contribution in [1.82, 2.24) is 9.29 Å². The second-order valence-corrected chi connectivity index (χ2v) is 8.63. The third-order valence-corrected chi connectivity index (χ3v) is 6.60. The molecule has 2 heterocycles. The second kappa shape index (κ2) is 6.71. The van der Waals surface area contributed by atoms with Crippen LogP contribution in [0.2, 0.25) is 0 Å². The van der Waals surface area contributed by atoms with E-state index in [0.29, 0.717) is 24.4 Å². The molecule has 0 atom stereocenters. The fraction of sp³-hybridized carbons (Fsp3) is 0.700. The summed E-state index contributed by atoms with van der Waals surface area (Å²) >= 11 is 2.17. The van der Waals surface area contributed by atoms with Gasteiger partial charge in [-0.2, -0.15) is 24.9 Å². The van der Waals surface area contributed by atoms with Crippen LogP contribution in [-0.2, 0) is 16.2 Å². The molecule has 0 amide bonds. The van der Waals surface area contributed by atoms with E-state index in [-0.39, 0.29) is 17.4 Å². The molecule has 120 valence electrons. The van der Waals surface area contributed by atoms with Crippen LogP contribution in [0.15, 0.2) is 6.20 Å². The summed E-state index contributed by atoms with van der Waals surface area (Å²) in [5, 5.41) is 2.70. The molecule has 1 saturated heterocycles. The molecule has 21 heavy (non-hydrogen) atoms. The zero-order valence-electron chi connectivity index (χ0n) is 10.9. The molecule has 0 unspecified atom stereocenters. The fourth-order valence-electron chi connectivity index (χ4n) is 1.73. The summed E-state index contributed by atoms with van der Waals surface area (Å²) in [7, 11) is -3.36. The smallest absolute Gasteiger partial charge is 0.360 e. The Morgan fingerprint density at radius 2 is 2.00 bits per heavy atom. The van der Waals surface area contributed by atoms with Crippen LogP contribution in [0.4, 0.5) is 18.3 Å². The van der Waals surface area contributed by atoms with E-state index in [1.807, 2.05) is 0 Å². The van der Waals surface area contributed by atoms with E-state index >= 15 is 0 Å². The maximum absolute atomic E-state index is 12.4. The highest BCUT2D eigenvalue weighted by molar-refractivity contribution is 7.99. The number of nitrogens with one attached hydrogen (secondary N) is 1. The topological polar surface area (TPSA) is 62.3 Å².